The van der Waals surface area contributed by atoms with Crippen molar-refractivity contribution in [2.45, 2.75) is 20.8 Å². The number of esters is 2. The number of hydrogen-bond acceptors (Lipinski definition) is 6. The molecule has 0 unspecified atom stereocenters. The lowest BCUT2D eigenvalue weighted by Gasteiger charge is -2.04. The van der Waals surface area contributed by atoms with Crippen molar-refractivity contribution < 1.29 is 28.7 Å². The van der Waals surface area contributed by atoms with Crippen molar-refractivity contribution in [1.82, 2.24) is 0 Å². The van der Waals surface area contributed by atoms with Crippen molar-refractivity contribution in [2.75, 3.05) is 5.32 Å². The molecule has 2 aromatic carbocycles. The van der Waals surface area contributed by atoms with Crippen molar-refractivity contribution in [3.63, 3.8) is 0 Å². The number of primary amides is 1. The molecule has 0 atom stereocenters. The second kappa shape index (κ2) is 10.3. The van der Waals surface area contributed by atoms with E-state index in [-0.39, 0.29) is 23.2 Å². The minimum absolute atomic E-state index is 0.134. The van der Waals surface area contributed by atoms with Crippen molar-refractivity contribution in [1.29, 1.82) is 0 Å². The first-order valence-electron chi connectivity index (χ1n) is 7.82. The van der Waals surface area contributed by atoms with Gasteiger partial charge < -0.3 is 20.5 Å². The van der Waals surface area contributed by atoms with Gasteiger partial charge in [-0.2, -0.15) is 0 Å². The minimum atomic E-state index is -0.614. The second-order valence-corrected chi connectivity index (χ2v) is 5.25. The van der Waals surface area contributed by atoms with Crippen LogP contribution in [0.15, 0.2) is 48.5 Å². The maximum atomic E-state index is 10.8. The minimum Gasteiger partial charge on any atom is -0.427 e. The lowest BCUT2D eigenvalue weighted by Crippen LogP contribution is -2.14. The fraction of sp³-hybridized carbons (Fsp3) is 0.158. The number of benzene rings is 2. The summed E-state index contributed by atoms with van der Waals surface area (Å²) in [7, 11) is 0. The first kappa shape index (κ1) is 21.4. The fourth-order valence-corrected chi connectivity index (χ4v) is 1.89. The molecule has 142 valence electrons. The van der Waals surface area contributed by atoms with Crippen LogP contribution in [-0.2, 0) is 14.4 Å². The van der Waals surface area contributed by atoms with Gasteiger partial charge in [0.05, 0.1) is 5.56 Å². The number of nitrogens with one attached hydrogen (secondary N) is 1. The van der Waals surface area contributed by atoms with Crippen LogP contribution in [0.5, 0.6) is 11.5 Å². The third-order valence-corrected chi connectivity index (χ3v) is 2.84. The zero-order valence-electron chi connectivity index (χ0n) is 15.1. The van der Waals surface area contributed by atoms with E-state index in [1.54, 1.807) is 36.4 Å². The summed E-state index contributed by atoms with van der Waals surface area (Å²) in [5.41, 5.74) is 5.94. The number of carbonyl (C=O) groups excluding carboxylic acids is 4. The van der Waals surface area contributed by atoms with Crippen LogP contribution in [0.2, 0.25) is 0 Å². The Labute approximate surface area is 156 Å². The predicted molar refractivity (Wildman–Crippen MR) is 98.3 cm³/mol. The van der Waals surface area contributed by atoms with Gasteiger partial charge in [-0.3, -0.25) is 19.2 Å². The van der Waals surface area contributed by atoms with Gasteiger partial charge in [0.2, 0.25) is 5.91 Å². The highest BCUT2D eigenvalue weighted by Gasteiger charge is 2.09. The Morgan fingerprint density at radius 2 is 1.37 bits per heavy atom. The van der Waals surface area contributed by atoms with Crippen molar-refractivity contribution in [2.24, 2.45) is 5.73 Å². The third kappa shape index (κ3) is 8.30. The molecule has 0 bridgehead atoms. The molecule has 0 saturated heterocycles. The molecule has 0 aliphatic heterocycles. The van der Waals surface area contributed by atoms with E-state index in [4.69, 9.17) is 15.2 Å². The lowest BCUT2D eigenvalue weighted by atomic mass is 10.2. The van der Waals surface area contributed by atoms with Crippen LogP contribution in [0.25, 0.3) is 0 Å². The number of anilines is 1. The molecule has 2 aromatic rings. The van der Waals surface area contributed by atoms with E-state index in [9.17, 15) is 19.2 Å². The van der Waals surface area contributed by atoms with E-state index in [0.717, 1.165) is 0 Å². The molecule has 0 spiro atoms. The highest BCUT2D eigenvalue weighted by molar-refractivity contribution is 5.96. The number of para-hydroxylation sites is 1. The van der Waals surface area contributed by atoms with Crippen LogP contribution in [0.4, 0.5) is 5.69 Å². The molecule has 2 amide bonds. The molecule has 0 aliphatic rings. The smallest absolute Gasteiger partial charge is 0.308 e. The quantitative estimate of drug-likeness (QED) is 0.626. The molecular weight excluding hydrogens is 352 g/mol. The Morgan fingerprint density at radius 1 is 0.815 bits per heavy atom. The van der Waals surface area contributed by atoms with E-state index in [1.165, 1.54) is 32.9 Å². The van der Waals surface area contributed by atoms with Gasteiger partial charge in [-0.05, 0) is 36.4 Å². The molecule has 8 nitrogen and oxygen atoms in total. The summed E-state index contributed by atoms with van der Waals surface area (Å²) in [4.78, 5) is 42.7. The van der Waals surface area contributed by atoms with Gasteiger partial charge in [0.15, 0.2) is 0 Å². The first-order chi connectivity index (χ1) is 12.7. The highest BCUT2D eigenvalue weighted by Crippen LogP contribution is 2.17. The van der Waals surface area contributed by atoms with E-state index in [2.05, 4.69) is 5.32 Å². The average Bonchev–Trinajstić information content (AvgIpc) is 2.56. The number of rotatable bonds is 4. The van der Waals surface area contributed by atoms with Crippen molar-refractivity contribution in [3.05, 3.63) is 54.1 Å². The van der Waals surface area contributed by atoms with Crippen LogP contribution in [0, 0.1) is 0 Å². The van der Waals surface area contributed by atoms with E-state index < -0.39 is 11.9 Å². The third-order valence-electron chi connectivity index (χ3n) is 2.84. The molecule has 8 heteroatoms. The second-order valence-electron chi connectivity index (χ2n) is 5.25. The molecule has 0 fully saturated rings. The molecule has 3 N–H and O–H groups in total. The van der Waals surface area contributed by atoms with Gasteiger partial charge >= 0.3 is 11.9 Å². The summed E-state index contributed by atoms with van der Waals surface area (Å²) in [5, 5.41) is 2.61. The zero-order chi connectivity index (χ0) is 20.4. The van der Waals surface area contributed by atoms with Crippen molar-refractivity contribution >= 4 is 29.4 Å². The topological polar surface area (TPSA) is 125 Å². The predicted octanol–water partition coefficient (Wildman–Crippen LogP) is 2.28. The monoisotopic (exact) mass is 372 g/mol. The summed E-state index contributed by atoms with van der Waals surface area (Å²) >= 11 is 0. The fourth-order valence-electron chi connectivity index (χ4n) is 1.89. The largest absolute Gasteiger partial charge is 0.427 e. The van der Waals surface area contributed by atoms with E-state index >= 15 is 0 Å². The SMILES string of the molecule is CC(=O)Nc1ccc(OC(C)=O)cc1.CC(=O)Oc1ccccc1C(N)=O. The number of nitrogens with two attached hydrogens (primary N) is 1. The van der Waals surface area contributed by atoms with E-state index in [0.29, 0.717) is 11.4 Å². The molecule has 0 heterocycles. The van der Waals surface area contributed by atoms with Crippen molar-refractivity contribution in [3.8, 4) is 11.5 Å². The van der Waals surface area contributed by atoms with Gasteiger partial charge in [-0.1, -0.05) is 12.1 Å². The van der Waals surface area contributed by atoms with Gasteiger partial charge in [-0.25, -0.2) is 0 Å². The Morgan fingerprint density at radius 3 is 1.85 bits per heavy atom. The summed E-state index contributed by atoms with van der Waals surface area (Å²) in [5.74, 6) is -0.929. The number of hydrogen-bond donors (Lipinski definition) is 2. The Bertz CT molecular complexity index is 795. The molecule has 27 heavy (non-hydrogen) atoms. The van der Waals surface area contributed by atoms with Crippen LogP contribution in [-0.4, -0.2) is 23.8 Å². The standard InChI is InChI=1S/C10H11NO3.C9H9NO3/c1-7(12)11-9-3-5-10(6-4-9)14-8(2)13;1-6(11)13-8-5-3-2-4-7(8)9(10)12/h3-6H,1-2H3,(H,11,12);2-5H,1H3,(H2,10,12). The Hall–Kier alpha value is -3.68. The van der Waals surface area contributed by atoms with Crippen LogP contribution < -0.4 is 20.5 Å². The molecular formula is C19H20N2O6. The van der Waals surface area contributed by atoms with Gasteiger partial charge in [0, 0.05) is 26.5 Å². The van der Waals surface area contributed by atoms with Gasteiger partial charge in [0.1, 0.15) is 11.5 Å². The normalized spacial score (nSPS) is 9.30. The van der Waals surface area contributed by atoms with E-state index in [1.807, 2.05) is 0 Å². The molecule has 0 aromatic heterocycles. The Kier molecular flexibility index (Phi) is 8.18. The molecule has 2 rings (SSSR count). The summed E-state index contributed by atoms with van der Waals surface area (Å²) in [6, 6.07) is 12.9. The summed E-state index contributed by atoms with van der Waals surface area (Å²) in [6.07, 6.45) is 0. The highest BCUT2D eigenvalue weighted by atomic mass is 16.5. The number of amides is 2. The van der Waals surface area contributed by atoms with Crippen LogP contribution in [0.1, 0.15) is 31.1 Å². The summed E-state index contributed by atoms with van der Waals surface area (Å²) < 4.78 is 9.59. The lowest BCUT2D eigenvalue weighted by molar-refractivity contribution is -0.132. The summed E-state index contributed by atoms with van der Waals surface area (Å²) in [6.45, 7) is 4.03. The molecule has 0 saturated carbocycles. The maximum absolute atomic E-state index is 10.8. The van der Waals surface area contributed by atoms with Gasteiger partial charge in [0.25, 0.3) is 5.91 Å². The zero-order valence-corrected chi connectivity index (χ0v) is 15.1. The average molecular weight is 372 g/mol. The van der Waals surface area contributed by atoms with Gasteiger partial charge in [-0.15, -0.1) is 0 Å². The number of carbonyl (C=O) groups is 4. The first-order valence-corrected chi connectivity index (χ1v) is 7.82. The molecule has 0 radical (unpaired) electrons. The van der Waals surface area contributed by atoms with Crippen LogP contribution >= 0.6 is 0 Å². The Balaban J connectivity index is 0.000000271. The molecule has 0 aliphatic carbocycles. The van der Waals surface area contributed by atoms with Crippen LogP contribution in [0.3, 0.4) is 0 Å². The number of ether oxygens (including phenoxy) is 2. The maximum Gasteiger partial charge on any atom is 0.308 e.